The maximum absolute atomic E-state index is 9.90. The second-order valence-corrected chi connectivity index (χ2v) is 4.46. The standard InChI is InChI=1S/C16H16N2O2/c1-11-4-3-5-15(14(11)9-17)18-10-12-6-7-13(20-2)8-16(12)19/h3-8,18-19H,10H2,1-2H3. The minimum absolute atomic E-state index is 0.169. The van der Waals surface area contributed by atoms with Crippen LogP contribution in [0.15, 0.2) is 36.4 Å². The maximum atomic E-state index is 9.90. The number of phenolic OH excluding ortho intramolecular Hbond substituents is 1. The normalized spacial score (nSPS) is 9.85. The number of rotatable bonds is 4. The van der Waals surface area contributed by atoms with Crippen LogP contribution in [0.5, 0.6) is 11.5 Å². The molecule has 4 nitrogen and oxygen atoms in total. The van der Waals surface area contributed by atoms with Crippen LogP contribution in [0.1, 0.15) is 16.7 Å². The number of anilines is 1. The lowest BCUT2D eigenvalue weighted by Crippen LogP contribution is -2.02. The van der Waals surface area contributed by atoms with E-state index >= 15 is 0 Å². The van der Waals surface area contributed by atoms with Gasteiger partial charge in [-0.3, -0.25) is 0 Å². The van der Waals surface area contributed by atoms with Gasteiger partial charge in [-0.05, 0) is 30.7 Å². The van der Waals surface area contributed by atoms with Crippen LogP contribution in [0.25, 0.3) is 0 Å². The highest BCUT2D eigenvalue weighted by Crippen LogP contribution is 2.25. The highest BCUT2D eigenvalue weighted by Gasteiger charge is 2.07. The highest BCUT2D eigenvalue weighted by molar-refractivity contribution is 5.61. The Morgan fingerprint density at radius 3 is 2.75 bits per heavy atom. The number of ether oxygens (including phenoxy) is 1. The second-order valence-electron chi connectivity index (χ2n) is 4.46. The monoisotopic (exact) mass is 268 g/mol. The molecule has 0 saturated carbocycles. The van der Waals surface area contributed by atoms with Crippen LogP contribution in [0.3, 0.4) is 0 Å². The van der Waals surface area contributed by atoms with Gasteiger partial charge in [0.25, 0.3) is 0 Å². The second kappa shape index (κ2) is 5.98. The fourth-order valence-electron chi connectivity index (χ4n) is 1.97. The van der Waals surface area contributed by atoms with Crippen molar-refractivity contribution in [2.24, 2.45) is 0 Å². The van der Waals surface area contributed by atoms with E-state index < -0.39 is 0 Å². The number of hydrogen-bond donors (Lipinski definition) is 2. The Morgan fingerprint density at radius 2 is 2.10 bits per heavy atom. The summed E-state index contributed by atoms with van der Waals surface area (Å²) in [5.41, 5.74) is 3.07. The van der Waals surface area contributed by atoms with Crippen molar-refractivity contribution in [2.45, 2.75) is 13.5 Å². The number of nitriles is 1. The molecule has 2 aromatic carbocycles. The zero-order chi connectivity index (χ0) is 14.5. The average Bonchev–Trinajstić information content (AvgIpc) is 2.46. The number of methoxy groups -OCH3 is 1. The van der Waals surface area contributed by atoms with Gasteiger partial charge in [-0.15, -0.1) is 0 Å². The third-order valence-corrected chi connectivity index (χ3v) is 3.15. The maximum Gasteiger partial charge on any atom is 0.124 e. The Morgan fingerprint density at radius 1 is 1.30 bits per heavy atom. The fourth-order valence-corrected chi connectivity index (χ4v) is 1.97. The van der Waals surface area contributed by atoms with E-state index in [1.165, 1.54) is 0 Å². The third-order valence-electron chi connectivity index (χ3n) is 3.15. The van der Waals surface area contributed by atoms with Crippen molar-refractivity contribution in [3.8, 4) is 17.6 Å². The summed E-state index contributed by atoms with van der Waals surface area (Å²) in [4.78, 5) is 0. The molecule has 2 N–H and O–H groups in total. The molecule has 0 aliphatic carbocycles. The summed E-state index contributed by atoms with van der Waals surface area (Å²) in [6.07, 6.45) is 0. The molecule has 0 aromatic heterocycles. The summed E-state index contributed by atoms with van der Waals surface area (Å²) in [5.74, 6) is 0.780. The van der Waals surface area contributed by atoms with Crippen molar-refractivity contribution in [1.29, 1.82) is 5.26 Å². The molecule has 0 unspecified atom stereocenters. The van der Waals surface area contributed by atoms with Gasteiger partial charge in [0.2, 0.25) is 0 Å². The summed E-state index contributed by atoms with van der Waals surface area (Å²) in [7, 11) is 1.55. The van der Waals surface area contributed by atoms with Gasteiger partial charge < -0.3 is 15.2 Å². The number of nitrogens with zero attached hydrogens (tertiary/aromatic N) is 1. The topological polar surface area (TPSA) is 65.3 Å². The van der Waals surface area contributed by atoms with E-state index in [1.54, 1.807) is 25.3 Å². The molecular formula is C16H16N2O2. The first-order chi connectivity index (χ1) is 9.65. The van der Waals surface area contributed by atoms with Gasteiger partial charge >= 0.3 is 0 Å². The molecule has 0 aliphatic heterocycles. The number of benzene rings is 2. The van der Waals surface area contributed by atoms with Gasteiger partial charge in [0.1, 0.15) is 17.6 Å². The Balaban J connectivity index is 2.18. The van der Waals surface area contributed by atoms with E-state index in [9.17, 15) is 5.11 Å². The first-order valence-electron chi connectivity index (χ1n) is 6.25. The molecule has 2 rings (SSSR count). The minimum atomic E-state index is 0.169. The number of nitrogens with one attached hydrogen (secondary N) is 1. The molecule has 0 bridgehead atoms. The van der Waals surface area contributed by atoms with Crippen LogP contribution >= 0.6 is 0 Å². The van der Waals surface area contributed by atoms with E-state index in [2.05, 4.69) is 11.4 Å². The predicted octanol–water partition coefficient (Wildman–Crippen LogP) is 3.19. The third kappa shape index (κ3) is 2.83. The minimum Gasteiger partial charge on any atom is -0.507 e. The van der Waals surface area contributed by atoms with Gasteiger partial charge in [-0.25, -0.2) is 0 Å². The van der Waals surface area contributed by atoms with Crippen LogP contribution in [-0.4, -0.2) is 12.2 Å². The van der Waals surface area contributed by atoms with Gasteiger partial charge in [0, 0.05) is 18.2 Å². The van der Waals surface area contributed by atoms with Gasteiger partial charge in [-0.1, -0.05) is 12.1 Å². The molecular weight excluding hydrogens is 252 g/mol. The van der Waals surface area contributed by atoms with Crippen molar-refractivity contribution < 1.29 is 9.84 Å². The zero-order valence-corrected chi connectivity index (χ0v) is 11.5. The number of aryl methyl sites for hydroxylation is 1. The van der Waals surface area contributed by atoms with Gasteiger partial charge in [0.15, 0.2) is 0 Å². The number of aromatic hydroxyl groups is 1. The molecule has 0 radical (unpaired) electrons. The van der Waals surface area contributed by atoms with Crippen molar-refractivity contribution >= 4 is 5.69 Å². The summed E-state index contributed by atoms with van der Waals surface area (Å²) < 4.78 is 5.04. The Kier molecular flexibility index (Phi) is 4.11. The summed E-state index contributed by atoms with van der Waals surface area (Å²) in [5, 5.41) is 22.2. The van der Waals surface area contributed by atoms with E-state index in [0.29, 0.717) is 17.9 Å². The molecule has 0 fully saturated rings. The zero-order valence-electron chi connectivity index (χ0n) is 11.5. The molecule has 20 heavy (non-hydrogen) atoms. The van der Waals surface area contributed by atoms with Gasteiger partial charge in [-0.2, -0.15) is 5.26 Å². The molecule has 0 heterocycles. The molecule has 0 atom stereocenters. The summed E-state index contributed by atoms with van der Waals surface area (Å²) in [6, 6.07) is 13.0. The Hall–Kier alpha value is -2.67. The van der Waals surface area contributed by atoms with E-state index in [-0.39, 0.29) is 5.75 Å². The van der Waals surface area contributed by atoms with Crippen LogP contribution < -0.4 is 10.1 Å². The smallest absolute Gasteiger partial charge is 0.124 e. The molecule has 4 heteroatoms. The highest BCUT2D eigenvalue weighted by atomic mass is 16.5. The van der Waals surface area contributed by atoms with E-state index in [0.717, 1.165) is 16.8 Å². The quantitative estimate of drug-likeness (QED) is 0.893. The lowest BCUT2D eigenvalue weighted by molar-refractivity contribution is 0.406. The SMILES string of the molecule is COc1ccc(CNc2cccc(C)c2C#N)c(O)c1. The largest absolute Gasteiger partial charge is 0.507 e. The fraction of sp³-hybridized carbons (Fsp3) is 0.188. The van der Waals surface area contributed by atoms with Crippen LogP contribution in [0.2, 0.25) is 0 Å². The van der Waals surface area contributed by atoms with E-state index in [1.807, 2.05) is 25.1 Å². The Bertz CT molecular complexity index is 660. The average molecular weight is 268 g/mol. The lowest BCUT2D eigenvalue weighted by Gasteiger charge is -2.11. The first kappa shape index (κ1) is 13.8. The van der Waals surface area contributed by atoms with Crippen molar-refractivity contribution in [1.82, 2.24) is 0 Å². The van der Waals surface area contributed by atoms with E-state index in [4.69, 9.17) is 10.00 Å². The van der Waals surface area contributed by atoms with Crippen LogP contribution in [0.4, 0.5) is 5.69 Å². The summed E-state index contributed by atoms with van der Waals surface area (Å²) >= 11 is 0. The molecule has 102 valence electrons. The summed E-state index contributed by atoms with van der Waals surface area (Å²) in [6.45, 7) is 2.34. The molecule has 0 amide bonds. The van der Waals surface area contributed by atoms with Crippen LogP contribution in [-0.2, 0) is 6.54 Å². The molecule has 2 aromatic rings. The lowest BCUT2D eigenvalue weighted by atomic mass is 10.1. The Labute approximate surface area is 118 Å². The van der Waals surface area contributed by atoms with Crippen LogP contribution in [0, 0.1) is 18.3 Å². The molecule has 0 spiro atoms. The van der Waals surface area contributed by atoms with Gasteiger partial charge in [0.05, 0.1) is 18.4 Å². The number of hydrogen-bond acceptors (Lipinski definition) is 4. The van der Waals surface area contributed by atoms with Crippen molar-refractivity contribution in [3.05, 3.63) is 53.1 Å². The predicted molar refractivity (Wildman–Crippen MR) is 77.9 cm³/mol. The van der Waals surface area contributed by atoms with Crippen molar-refractivity contribution in [3.63, 3.8) is 0 Å². The first-order valence-corrected chi connectivity index (χ1v) is 6.25. The molecule has 0 saturated heterocycles. The molecule has 0 aliphatic rings. The number of phenols is 1. The van der Waals surface area contributed by atoms with Crippen molar-refractivity contribution in [2.75, 3.05) is 12.4 Å².